The lowest BCUT2D eigenvalue weighted by Gasteiger charge is -2.34. The summed E-state index contributed by atoms with van der Waals surface area (Å²) >= 11 is 0. The van der Waals surface area contributed by atoms with Gasteiger partial charge < -0.3 is 41.4 Å². The molecule has 4 rings (SSSR count). The first-order valence-electron chi connectivity index (χ1n) is 18.6. The number of aliphatic hydroxyl groups is 1. The van der Waals surface area contributed by atoms with Crippen molar-refractivity contribution in [2.75, 3.05) is 6.54 Å². The molecule has 3 aromatic rings. The van der Waals surface area contributed by atoms with Crippen LogP contribution in [-0.2, 0) is 27.2 Å². The Labute approximate surface area is 305 Å². The number of aromatic amines is 2. The van der Waals surface area contributed by atoms with Gasteiger partial charge in [-0.2, -0.15) is 0 Å². The number of nitrogens with zero attached hydrogens (tertiary/aromatic N) is 2. The zero-order valence-electron chi connectivity index (χ0n) is 30.5. The highest BCUT2D eigenvalue weighted by Crippen LogP contribution is 2.30. The Morgan fingerprint density at radius 3 is 2.15 bits per heavy atom. The topological polar surface area (TPSA) is 214 Å². The van der Waals surface area contributed by atoms with Crippen LogP contribution in [0.15, 0.2) is 55.4 Å². The highest BCUT2D eigenvalue weighted by atomic mass is 16.4. The third-order valence-corrected chi connectivity index (χ3v) is 10.3. The molecule has 1 unspecified atom stereocenters. The fourth-order valence-electron chi connectivity index (χ4n) is 7.06. The standard InChI is InChI=1S/C38H56N8O6/c1-24(2)28(14-15-41-35(48)25(3)33-21-40-23-43-33)18-34(47)30(16-26-10-6-4-7-11-26)44-37(50)32(19-29-20-39-22-42-29)45-36(49)31(46-38(51)52)17-27-12-8-5-9-13-27/h5,8-9,12-13,20-26,28,30-32,34,46-47H,4,6-7,10-11,14-19H2,1-3H3,(H,39,42)(H,40,43)(H,41,48)(H,44,50)(H,45,49)(H,51,52)/t25-,28-,30-,31?,32-,34-/m0/s1. The van der Waals surface area contributed by atoms with Crippen LogP contribution in [0.25, 0.3) is 0 Å². The predicted molar refractivity (Wildman–Crippen MR) is 196 cm³/mol. The van der Waals surface area contributed by atoms with Crippen molar-refractivity contribution in [3.63, 3.8) is 0 Å². The molecule has 284 valence electrons. The summed E-state index contributed by atoms with van der Waals surface area (Å²) in [7, 11) is 0. The monoisotopic (exact) mass is 720 g/mol. The molecule has 1 aromatic carbocycles. The van der Waals surface area contributed by atoms with Crippen molar-refractivity contribution in [3.8, 4) is 0 Å². The minimum Gasteiger partial charge on any atom is -0.465 e. The van der Waals surface area contributed by atoms with E-state index in [2.05, 4.69) is 55.1 Å². The number of imidazole rings is 2. The van der Waals surface area contributed by atoms with Gasteiger partial charge in [0, 0.05) is 43.2 Å². The van der Waals surface area contributed by atoms with E-state index in [0.29, 0.717) is 37.4 Å². The van der Waals surface area contributed by atoms with Crippen LogP contribution in [0, 0.1) is 17.8 Å². The van der Waals surface area contributed by atoms with Crippen LogP contribution >= 0.6 is 0 Å². The Kier molecular flexibility index (Phi) is 15.7. The van der Waals surface area contributed by atoms with Crippen molar-refractivity contribution >= 4 is 23.8 Å². The van der Waals surface area contributed by atoms with E-state index in [1.165, 1.54) is 12.7 Å². The van der Waals surface area contributed by atoms with Gasteiger partial charge in [-0.3, -0.25) is 14.4 Å². The SMILES string of the molecule is CC(C)[C@@H](CCNC(=O)[C@@H](C)c1cnc[nH]1)C[C@H](O)[C@H](CC1CCCCC1)NC(=O)[C@H](Cc1cnc[nH]1)NC(=O)C(Cc1ccccc1)NC(=O)O. The third kappa shape index (κ3) is 12.8. The molecule has 1 aliphatic rings. The average Bonchev–Trinajstić information content (AvgIpc) is 3.86. The van der Waals surface area contributed by atoms with E-state index in [1.54, 1.807) is 43.0 Å². The van der Waals surface area contributed by atoms with Gasteiger partial charge in [0.25, 0.3) is 0 Å². The number of H-pyrrole nitrogens is 2. The zero-order valence-corrected chi connectivity index (χ0v) is 30.5. The molecule has 0 aliphatic heterocycles. The van der Waals surface area contributed by atoms with Gasteiger partial charge in [0.1, 0.15) is 12.1 Å². The number of rotatable bonds is 20. The van der Waals surface area contributed by atoms with Crippen LogP contribution in [0.5, 0.6) is 0 Å². The van der Waals surface area contributed by atoms with Gasteiger partial charge in [-0.15, -0.1) is 0 Å². The molecular formula is C38H56N8O6. The number of hydrogen-bond donors (Lipinski definition) is 8. The quantitative estimate of drug-likeness (QED) is 0.0857. The number of aromatic nitrogens is 4. The Morgan fingerprint density at radius 2 is 1.52 bits per heavy atom. The molecule has 52 heavy (non-hydrogen) atoms. The number of hydrogen-bond acceptors (Lipinski definition) is 7. The lowest BCUT2D eigenvalue weighted by Crippen LogP contribution is -2.57. The van der Waals surface area contributed by atoms with E-state index in [-0.39, 0.29) is 36.5 Å². The number of aliphatic hydroxyl groups excluding tert-OH is 1. The minimum atomic E-state index is -1.35. The second-order valence-corrected chi connectivity index (χ2v) is 14.5. The number of amides is 4. The lowest BCUT2D eigenvalue weighted by atomic mass is 9.80. The molecule has 2 heterocycles. The van der Waals surface area contributed by atoms with E-state index >= 15 is 0 Å². The van der Waals surface area contributed by atoms with E-state index in [4.69, 9.17) is 0 Å². The molecule has 6 atom stereocenters. The molecule has 8 N–H and O–H groups in total. The molecule has 0 spiro atoms. The normalized spacial score (nSPS) is 16.9. The number of carboxylic acid groups (broad SMARTS) is 1. The molecule has 2 aromatic heterocycles. The van der Waals surface area contributed by atoms with Gasteiger partial charge in [0.2, 0.25) is 17.7 Å². The van der Waals surface area contributed by atoms with Crippen LogP contribution in [-0.4, -0.2) is 84.7 Å². The van der Waals surface area contributed by atoms with Crippen molar-refractivity contribution in [1.82, 2.24) is 41.2 Å². The van der Waals surface area contributed by atoms with Gasteiger partial charge in [-0.25, -0.2) is 14.8 Å². The maximum atomic E-state index is 14.1. The summed E-state index contributed by atoms with van der Waals surface area (Å²) in [6.45, 7) is 6.45. The van der Waals surface area contributed by atoms with E-state index in [0.717, 1.165) is 36.9 Å². The van der Waals surface area contributed by atoms with Gasteiger partial charge in [-0.1, -0.05) is 76.3 Å². The molecular weight excluding hydrogens is 664 g/mol. The molecule has 14 heteroatoms. The maximum absolute atomic E-state index is 14.1. The molecule has 4 amide bonds. The van der Waals surface area contributed by atoms with Crippen molar-refractivity contribution < 1.29 is 29.4 Å². The fourth-order valence-corrected chi connectivity index (χ4v) is 7.06. The largest absolute Gasteiger partial charge is 0.465 e. The van der Waals surface area contributed by atoms with Crippen LogP contribution in [0.1, 0.15) is 95.0 Å². The molecule has 1 aliphatic carbocycles. The first kappa shape index (κ1) is 40.1. The molecule has 0 radical (unpaired) electrons. The van der Waals surface area contributed by atoms with Crippen LogP contribution in [0.3, 0.4) is 0 Å². The highest BCUT2D eigenvalue weighted by Gasteiger charge is 2.33. The van der Waals surface area contributed by atoms with Crippen molar-refractivity contribution in [3.05, 3.63) is 72.3 Å². The summed E-state index contributed by atoms with van der Waals surface area (Å²) in [5.41, 5.74) is 2.11. The highest BCUT2D eigenvalue weighted by molar-refractivity contribution is 5.91. The fraction of sp³-hybridized carbons (Fsp3) is 0.579. The van der Waals surface area contributed by atoms with Crippen LogP contribution in [0.2, 0.25) is 0 Å². The van der Waals surface area contributed by atoms with Crippen LogP contribution < -0.4 is 21.3 Å². The van der Waals surface area contributed by atoms with Crippen molar-refractivity contribution in [2.24, 2.45) is 17.8 Å². The Balaban J connectivity index is 1.47. The maximum Gasteiger partial charge on any atom is 0.405 e. The number of benzene rings is 1. The lowest BCUT2D eigenvalue weighted by molar-refractivity contribution is -0.131. The molecule has 0 saturated heterocycles. The summed E-state index contributed by atoms with van der Waals surface area (Å²) in [5, 5.41) is 32.5. The predicted octanol–water partition coefficient (Wildman–Crippen LogP) is 3.83. The summed E-state index contributed by atoms with van der Waals surface area (Å²) in [4.78, 5) is 66.2. The first-order chi connectivity index (χ1) is 25.0. The molecule has 1 fully saturated rings. The van der Waals surface area contributed by atoms with Gasteiger partial charge in [0.15, 0.2) is 0 Å². The average molecular weight is 721 g/mol. The third-order valence-electron chi connectivity index (χ3n) is 10.3. The summed E-state index contributed by atoms with van der Waals surface area (Å²) in [6, 6.07) is 6.25. The molecule has 14 nitrogen and oxygen atoms in total. The summed E-state index contributed by atoms with van der Waals surface area (Å²) in [5.74, 6) is -0.987. The van der Waals surface area contributed by atoms with Gasteiger partial charge >= 0.3 is 6.09 Å². The number of carbonyl (C=O) groups excluding carboxylic acids is 3. The number of nitrogens with one attached hydrogen (secondary N) is 6. The Bertz CT molecular complexity index is 1510. The second kappa shape index (κ2) is 20.4. The summed E-state index contributed by atoms with van der Waals surface area (Å²) in [6.07, 6.45) is 11.3. The Morgan fingerprint density at radius 1 is 0.846 bits per heavy atom. The second-order valence-electron chi connectivity index (χ2n) is 14.5. The zero-order chi connectivity index (χ0) is 37.5. The molecule has 1 saturated carbocycles. The van der Waals surface area contributed by atoms with E-state index in [1.807, 2.05) is 13.0 Å². The smallest absolute Gasteiger partial charge is 0.405 e. The summed E-state index contributed by atoms with van der Waals surface area (Å²) < 4.78 is 0. The van der Waals surface area contributed by atoms with Crippen molar-refractivity contribution in [2.45, 2.75) is 115 Å². The van der Waals surface area contributed by atoms with Gasteiger partial charge in [0.05, 0.1) is 30.7 Å². The van der Waals surface area contributed by atoms with Crippen molar-refractivity contribution in [1.29, 1.82) is 0 Å². The van der Waals surface area contributed by atoms with Crippen LogP contribution in [0.4, 0.5) is 4.79 Å². The first-order valence-corrected chi connectivity index (χ1v) is 18.6. The van der Waals surface area contributed by atoms with E-state index in [9.17, 15) is 29.4 Å². The number of carbonyl (C=O) groups is 4. The Hall–Kier alpha value is -4.72. The minimum absolute atomic E-state index is 0.0600. The van der Waals surface area contributed by atoms with Gasteiger partial charge in [-0.05, 0) is 49.5 Å². The van der Waals surface area contributed by atoms with E-state index < -0.39 is 42.1 Å². The molecule has 0 bridgehead atoms.